The summed E-state index contributed by atoms with van der Waals surface area (Å²) >= 11 is 0. The van der Waals surface area contributed by atoms with E-state index in [1.807, 2.05) is 0 Å². The Morgan fingerprint density at radius 1 is 2.00 bits per heavy atom. The Morgan fingerprint density at radius 2 is 2.60 bits per heavy atom. The molecule has 30 valence electrons. The van der Waals surface area contributed by atoms with Crippen molar-refractivity contribution in [2.75, 3.05) is 13.3 Å². The van der Waals surface area contributed by atoms with Crippen molar-refractivity contribution < 1.29 is 9.20 Å². The van der Waals surface area contributed by atoms with Crippen LogP contribution < -0.4 is 0 Å². The molecular formula is C2H6O2Si. The molecule has 0 radical (unpaired) electrons. The topological polar surface area (TPSA) is 26.3 Å². The summed E-state index contributed by atoms with van der Waals surface area (Å²) in [6, 6.07) is 0. The lowest BCUT2D eigenvalue weighted by molar-refractivity contribution is 0.247. The fourth-order valence-corrected chi connectivity index (χ4v) is 0.204. The Bertz CT molecular complexity index is 28.8. The minimum absolute atomic E-state index is 0.417. The minimum atomic E-state index is -0.686. The molecule has 0 aliphatic rings. The molecule has 5 heavy (non-hydrogen) atoms. The molecule has 2 nitrogen and oxygen atoms in total. The zero-order chi connectivity index (χ0) is 4.12. The second-order valence-corrected chi connectivity index (χ2v) is 1.29. The van der Waals surface area contributed by atoms with Crippen molar-refractivity contribution >= 4 is 9.41 Å². The molecule has 0 aromatic rings. The molecule has 0 saturated heterocycles. The summed E-state index contributed by atoms with van der Waals surface area (Å²) in [6.07, 6.45) is 0.417. The molecule has 3 heteroatoms. The average molecular weight is 90.2 g/mol. The van der Waals surface area contributed by atoms with Crippen molar-refractivity contribution in [1.29, 1.82) is 0 Å². The summed E-state index contributed by atoms with van der Waals surface area (Å²) < 4.78 is 13.9. The Balaban J connectivity index is 2.40. The van der Waals surface area contributed by atoms with Gasteiger partial charge in [0.1, 0.15) is 0 Å². The van der Waals surface area contributed by atoms with E-state index in [4.69, 9.17) is 0 Å². The molecule has 0 bridgehead atoms. The lowest BCUT2D eigenvalue weighted by Gasteiger charge is -1.75. The van der Waals surface area contributed by atoms with Crippen LogP contribution >= 0.6 is 0 Å². The highest BCUT2D eigenvalue weighted by Gasteiger charge is 1.67. The summed E-state index contributed by atoms with van der Waals surface area (Å²) in [6.45, 7) is 0. The van der Waals surface area contributed by atoms with E-state index in [-0.39, 0.29) is 0 Å². The van der Waals surface area contributed by atoms with E-state index in [9.17, 15) is 4.46 Å². The maximum atomic E-state index is 9.49. The minimum Gasteiger partial charge on any atom is -0.390 e. The monoisotopic (exact) mass is 90.0 g/mol. The largest absolute Gasteiger partial charge is 0.390 e. The summed E-state index contributed by atoms with van der Waals surface area (Å²) in [5.74, 6) is 0. The number of rotatable bonds is 2. The molecule has 0 N–H and O–H groups in total. The lowest BCUT2D eigenvalue weighted by Crippen LogP contribution is -1.87. The van der Waals surface area contributed by atoms with Gasteiger partial charge in [-0.1, -0.05) is 0 Å². The van der Waals surface area contributed by atoms with E-state index in [2.05, 4.69) is 4.74 Å². The van der Waals surface area contributed by atoms with E-state index in [0.717, 1.165) is 0 Å². The predicted molar refractivity (Wildman–Crippen MR) is 19.7 cm³/mol. The standard InChI is InChI=1S/C2H6O2Si/c1-4-2-5-3/h5H,2H2,1H3. The van der Waals surface area contributed by atoms with E-state index in [0.29, 0.717) is 6.23 Å². The normalized spacial score (nSPS) is 7.40. The van der Waals surface area contributed by atoms with Crippen molar-refractivity contribution in [3.05, 3.63) is 0 Å². The summed E-state index contributed by atoms with van der Waals surface area (Å²) in [7, 11) is 0.846. The Morgan fingerprint density at radius 3 is 2.60 bits per heavy atom. The van der Waals surface area contributed by atoms with Gasteiger partial charge in [-0.3, -0.25) is 0 Å². The van der Waals surface area contributed by atoms with Crippen molar-refractivity contribution in [1.82, 2.24) is 0 Å². The van der Waals surface area contributed by atoms with E-state index >= 15 is 0 Å². The van der Waals surface area contributed by atoms with Gasteiger partial charge in [0, 0.05) is 7.11 Å². The van der Waals surface area contributed by atoms with Crippen LogP contribution in [0, 0.1) is 0 Å². The van der Waals surface area contributed by atoms with Gasteiger partial charge < -0.3 is 9.20 Å². The molecule has 0 rings (SSSR count). The molecule has 0 aliphatic carbocycles. The van der Waals surface area contributed by atoms with E-state index < -0.39 is 9.41 Å². The van der Waals surface area contributed by atoms with Crippen LogP contribution in [0.5, 0.6) is 0 Å². The smallest absolute Gasteiger partial charge is 0.288 e. The maximum absolute atomic E-state index is 9.49. The van der Waals surface area contributed by atoms with Crippen molar-refractivity contribution in [2.24, 2.45) is 0 Å². The maximum Gasteiger partial charge on any atom is 0.288 e. The quantitative estimate of drug-likeness (QED) is 0.422. The van der Waals surface area contributed by atoms with Gasteiger partial charge in [-0.25, -0.2) is 0 Å². The van der Waals surface area contributed by atoms with Crippen molar-refractivity contribution in [2.45, 2.75) is 0 Å². The number of hydrogen-bond acceptors (Lipinski definition) is 2. The molecule has 0 spiro atoms. The molecular weight excluding hydrogens is 84.1 g/mol. The average Bonchev–Trinajstić information content (AvgIpc) is 1.41. The number of methoxy groups -OCH3 is 1. The third kappa shape index (κ3) is 3.98. The highest BCUT2D eigenvalue weighted by atomic mass is 28.2. The summed E-state index contributed by atoms with van der Waals surface area (Å²) in [4.78, 5) is 0. The van der Waals surface area contributed by atoms with Crippen LogP contribution in [-0.4, -0.2) is 22.7 Å². The Labute approximate surface area is 33.0 Å². The molecule has 0 saturated carbocycles. The van der Waals surface area contributed by atoms with Crippen LogP contribution in [0.2, 0.25) is 0 Å². The van der Waals surface area contributed by atoms with Crippen LogP contribution in [0.15, 0.2) is 0 Å². The summed E-state index contributed by atoms with van der Waals surface area (Å²) in [5.41, 5.74) is 0. The van der Waals surface area contributed by atoms with Crippen molar-refractivity contribution in [3.63, 3.8) is 0 Å². The zero-order valence-electron chi connectivity index (χ0n) is 3.10. The van der Waals surface area contributed by atoms with E-state index in [1.54, 1.807) is 0 Å². The van der Waals surface area contributed by atoms with Crippen LogP contribution in [0.25, 0.3) is 0 Å². The first-order valence-corrected chi connectivity index (χ1v) is 2.63. The van der Waals surface area contributed by atoms with Crippen LogP contribution in [-0.2, 0) is 9.20 Å². The Kier molecular flexibility index (Phi) is 3.96. The van der Waals surface area contributed by atoms with Gasteiger partial charge in [-0.15, -0.1) is 0 Å². The highest BCUT2D eigenvalue weighted by Crippen LogP contribution is 1.49. The Hall–Kier alpha value is -0.0231. The molecule has 0 unspecified atom stereocenters. The van der Waals surface area contributed by atoms with Crippen molar-refractivity contribution in [3.8, 4) is 0 Å². The number of ether oxygens (including phenoxy) is 1. The molecule has 0 atom stereocenters. The third-order valence-corrected chi connectivity index (χ3v) is 0.704. The van der Waals surface area contributed by atoms with Crippen LogP contribution in [0.1, 0.15) is 0 Å². The van der Waals surface area contributed by atoms with E-state index in [1.165, 1.54) is 7.11 Å². The molecule has 0 amide bonds. The summed E-state index contributed by atoms with van der Waals surface area (Å²) in [5, 5.41) is 0. The first-order valence-electron chi connectivity index (χ1n) is 1.34. The first kappa shape index (κ1) is 4.98. The second-order valence-electron chi connectivity index (χ2n) is 0.622. The van der Waals surface area contributed by atoms with Gasteiger partial charge in [0.05, 0.1) is 6.23 Å². The first-order chi connectivity index (χ1) is 2.41. The number of hydrogen-bond donors (Lipinski definition) is 0. The third-order valence-electron chi connectivity index (χ3n) is 0.235. The molecule has 0 aliphatic heterocycles. The van der Waals surface area contributed by atoms with Gasteiger partial charge in [0.15, 0.2) is 0 Å². The van der Waals surface area contributed by atoms with Gasteiger partial charge in [0.25, 0.3) is 9.41 Å². The van der Waals surface area contributed by atoms with Crippen LogP contribution in [0.4, 0.5) is 0 Å². The molecule has 0 aromatic carbocycles. The molecule has 0 fully saturated rings. The predicted octanol–water partition coefficient (Wildman–Crippen LogP) is -0.628. The fraction of sp³-hybridized carbons (Fsp3) is 1.00. The SMILES string of the molecule is COC[SiH]=O. The lowest BCUT2D eigenvalue weighted by atomic mass is 11.5. The fourth-order valence-electron chi connectivity index (χ4n) is 0.0680. The van der Waals surface area contributed by atoms with Gasteiger partial charge >= 0.3 is 0 Å². The highest BCUT2D eigenvalue weighted by molar-refractivity contribution is 6.16. The van der Waals surface area contributed by atoms with Gasteiger partial charge in [-0.2, -0.15) is 0 Å². The van der Waals surface area contributed by atoms with Gasteiger partial charge in [-0.05, 0) is 0 Å². The van der Waals surface area contributed by atoms with Gasteiger partial charge in [0.2, 0.25) is 0 Å². The zero-order valence-corrected chi connectivity index (χ0v) is 4.26. The molecule has 0 heterocycles. The molecule has 0 aromatic heterocycles. The second kappa shape index (κ2) is 3.98. The van der Waals surface area contributed by atoms with Crippen LogP contribution in [0.3, 0.4) is 0 Å².